The van der Waals surface area contributed by atoms with E-state index < -0.39 is 0 Å². The van der Waals surface area contributed by atoms with Crippen LogP contribution in [0.4, 0.5) is 5.69 Å². The van der Waals surface area contributed by atoms with E-state index in [1.165, 1.54) is 33.5 Å². The molecule has 3 rings (SSSR count). The predicted octanol–water partition coefficient (Wildman–Crippen LogP) is 7.29. The minimum Gasteiger partial charge on any atom is -0.350 e. The van der Waals surface area contributed by atoms with E-state index in [2.05, 4.69) is 102 Å². The maximum absolute atomic E-state index is 3.87. The van der Waals surface area contributed by atoms with E-state index in [-0.39, 0.29) is 6.17 Å². The average Bonchev–Trinajstić information content (AvgIpc) is 3.15. The van der Waals surface area contributed by atoms with Crippen molar-refractivity contribution in [2.24, 2.45) is 0 Å². The Morgan fingerprint density at radius 3 is 1.52 bits per heavy atom. The highest BCUT2D eigenvalue weighted by Crippen LogP contribution is 2.42. The van der Waals surface area contributed by atoms with E-state index in [1.807, 2.05) is 0 Å². The summed E-state index contributed by atoms with van der Waals surface area (Å²) in [6.07, 6.45) is 0.239. The van der Waals surface area contributed by atoms with Crippen LogP contribution in [-0.2, 0) is 0 Å². The van der Waals surface area contributed by atoms with E-state index in [1.54, 1.807) is 0 Å². The highest BCUT2D eigenvalue weighted by Gasteiger charge is 2.33. The number of rotatable bonds is 6. The highest BCUT2D eigenvalue weighted by atomic mass is 15.3. The molecule has 0 spiro atoms. The Labute approximate surface area is 178 Å². The topological polar surface area (TPSA) is 15.3 Å². The molecule has 2 heteroatoms. The number of nitrogens with one attached hydrogen (secondary N) is 1. The fourth-order valence-corrected chi connectivity index (χ4v) is 4.83. The summed E-state index contributed by atoms with van der Waals surface area (Å²) in [4.78, 5) is 2.66. The van der Waals surface area contributed by atoms with Crippen molar-refractivity contribution in [3.8, 4) is 0 Å². The molecule has 0 aromatic heterocycles. The Morgan fingerprint density at radius 2 is 1.10 bits per heavy atom. The first kappa shape index (κ1) is 21.9. The Morgan fingerprint density at radius 1 is 0.690 bits per heavy atom. The number of benzene rings is 2. The third-order valence-electron chi connectivity index (χ3n) is 6.32. The molecule has 1 aliphatic rings. The molecule has 1 heterocycles. The van der Waals surface area contributed by atoms with Crippen LogP contribution in [0.5, 0.6) is 0 Å². The zero-order valence-corrected chi connectivity index (χ0v) is 19.7. The molecule has 1 fully saturated rings. The second kappa shape index (κ2) is 8.92. The Kier molecular flexibility index (Phi) is 6.73. The van der Waals surface area contributed by atoms with Gasteiger partial charge in [-0.2, -0.15) is 0 Å². The predicted molar refractivity (Wildman–Crippen MR) is 127 cm³/mol. The van der Waals surface area contributed by atoms with Crippen molar-refractivity contribution < 1.29 is 0 Å². The van der Waals surface area contributed by atoms with Crippen LogP contribution in [0.3, 0.4) is 0 Å². The zero-order chi connectivity index (χ0) is 21.3. The standard InChI is InChI=1S/C27H40N2/c1-17(2)21-11-9-12-22(18(3)4)25(21)27-28-15-16-29(27)26-23(19(5)6)13-10-14-24(26)20(7)8/h9-14,17-20,27-28H,15-16H2,1-8H3. The summed E-state index contributed by atoms with van der Waals surface area (Å²) in [5.74, 6) is 2.04. The fraction of sp³-hybridized carbons (Fsp3) is 0.556. The van der Waals surface area contributed by atoms with Crippen LogP contribution in [0, 0.1) is 0 Å². The molecule has 1 N–H and O–H groups in total. The van der Waals surface area contributed by atoms with Gasteiger partial charge in [-0.3, -0.25) is 5.32 Å². The first-order chi connectivity index (χ1) is 13.7. The number of hydrogen-bond donors (Lipinski definition) is 1. The Hall–Kier alpha value is -1.80. The van der Waals surface area contributed by atoms with Gasteiger partial charge >= 0.3 is 0 Å². The quantitative estimate of drug-likeness (QED) is 0.555. The third-order valence-corrected chi connectivity index (χ3v) is 6.32. The fourth-order valence-electron chi connectivity index (χ4n) is 4.83. The van der Waals surface area contributed by atoms with Crippen LogP contribution in [0.2, 0.25) is 0 Å². The monoisotopic (exact) mass is 392 g/mol. The summed E-state index contributed by atoms with van der Waals surface area (Å²) in [7, 11) is 0. The number of para-hydroxylation sites is 1. The van der Waals surface area contributed by atoms with Crippen LogP contribution in [0.25, 0.3) is 0 Å². The van der Waals surface area contributed by atoms with Gasteiger partial charge in [0.2, 0.25) is 0 Å². The van der Waals surface area contributed by atoms with Crippen LogP contribution in [0.15, 0.2) is 36.4 Å². The van der Waals surface area contributed by atoms with Gasteiger partial charge in [0.1, 0.15) is 6.17 Å². The van der Waals surface area contributed by atoms with Gasteiger partial charge < -0.3 is 4.90 Å². The Balaban J connectivity index is 2.22. The smallest absolute Gasteiger partial charge is 0.106 e. The molecule has 2 aromatic carbocycles. The van der Waals surface area contributed by atoms with Gasteiger partial charge in [0.05, 0.1) is 0 Å². The van der Waals surface area contributed by atoms with Gasteiger partial charge in [0.25, 0.3) is 0 Å². The molecule has 0 bridgehead atoms. The molecule has 1 atom stereocenters. The minimum absolute atomic E-state index is 0.239. The number of nitrogens with zero attached hydrogens (tertiary/aromatic N) is 1. The average molecular weight is 393 g/mol. The molecule has 0 saturated carbocycles. The van der Waals surface area contributed by atoms with E-state index in [9.17, 15) is 0 Å². The molecule has 158 valence electrons. The molecule has 1 saturated heterocycles. The lowest BCUT2D eigenvalue weighted by atomic mass is 9.86. The molecular weight excluding hydrogens is 352 g/mol. The molecule has 0 amide bonds. The maximum atomic E-state index is 3.87. The summed E-state index contributed by atoms with van der Waals surface area (Å²) in [6, 6.07) is 13.8. The van der Waals surface area contributed by atoms with Crippen molar-refractivity contribution in [1.29, 1.82) is 0 Å². The van der Waals surface area contributed by atoms with Crippen LogP contribution < -0.4 is 10.2 Å². The largest absolute Gasteiger partial charge is 0.350 e. The second-order valence-electron chi connectivity index (χ2n) is 9.80. The van der Waals surface area contributed by atoms with Gasteiger partial charge in [0, 0.05) is 18.8 Å². The lowest BCUT2D eigenvalue weighted by molar-refractivity contribution is 0.611. The normalized spacial score (nSPS) is 17.4. The van der Waals surface area contributed by atoms with Gasteiger partial charge in [0.15, 0.2) is 0 Å². The molecule has 0 aliphatic carbocycles. The van der Waals surface area contributed by atoms with Gasteiger partial charge in [-0.25, -0.2) is 0 Å². The second-order valence-corrected chi connectivity index (χ2v) is 9.80. The number of hydrogen-bond acceptors (Lipinski definition) is 2. The SMILES string of the molecule is CC(C)c1cccc(C(C)C)c1C1NCCN1c1c(C(C)C)cccc1C(C)C. The van der Waals surface area contributed by atoms with E-state index >= 15 is 0 Å². The van der Waals surface area contributed by atoms with E-state index in [0.29, 0.717) is 23.7 Å². The molecule has 0 radical (unpaired) electrons. The van der Waals surface area contributed by atoms with Gasteiger partial charge in [-0.05, 0) is 51.5 Å². The minimum atomic E-state index is 0.239. The third kappa shape index (κ3) is 4.23. The summed E-state index contributed by atoms with van der Waals surface area (Å²) in [5.41, 5.74) is 8.86. The lowest BCUT2D eigenvalue weighted by Crippen LogP contribution is -2.31. The van der Waals surface area contributed by atoms with Crippen molar-refractivity contribution >= 4 is 5.69 Å². The van der Waals surface area contributed by atoms with E-state index in [4.69, 9.17) is 0 Å². The van der Waals surface area contributed by atoms with Crippen molar-refractivity contribution in [1.82, 2.24) is 5.32 Å². The lowest BCUT2D eigenvalue weighted by Gasteiger charge is -2.35. The molecule has 1 aliphatic heterocycles. The molecule has 2 nitrogen and oxygen atoms in total. The van der Waals surface area contributed by atoms with Gasteiger partial charge in [-0.15, -0.1) is 0 Å². The molecule has 1 unspecified atom stereocenters. The van der Waals surface area contributed by atoms with Crippen molar-refractivity contribution in [2.45, 2.75) is 85.2 Å². The van der Waals surface area contributed by atoms with Gasteiger partial charge in [-0.1, -0.05) is 91.8 Å². The molecule has 2 aromatic rings. The maximum Gasteiger partial charge on any atom is 0.106 e. The highest BCUT2D eigenvalue weighted by molar-refractivity contribution is 5.64. The Bertz CT molecular complexity index is 710. The summed E-state index contributed by atoms with van der Waals surface area (Å²) >= 11 is 0. The van der Waals surface area contributed by atoms with Crippen LogP contribution in [-0.4, -0.2) is 13.1 Å². The first-order valence-electron chi connectivity index (χ1n) is 11.5. The van der Waals surface area contributed by atoms with E-state index in [0.717, 1.165) is 13.1 Å². The number of anilines is 1. The first-order valence-corrected chi connectivity index (χ1v) is 11.5. The summed E-state index contributed by atoms with van der Waals surface area (Å²) in [5, 5.41) is 3.87. The summed E-state index contributed by atoms with van der Waals surface area (Å²) < 4.78 is 0. The zero-order valence-electron chi connectivity index (χ0n) is 19.7. The van der Waals surface area contributed by atoms with Crippen LogP contribution in [0.1, 0.15) is 113 Å². The molecular formula is C27H40N2. The van der Waals surface area contributed by atoms with Crippen LogP contribution >= 0.6 is 0 Å². The van der Waals surface area contributed by atoms with Crippen molar-refractivity contribution in [2.75, 3.05) is 18.0 Å². The molecule has 29 heavy (non-hydrogen) atoms. The van der Waals surface area contributed by atoms with Crippen molar-refractivity contribution in [3.63, 3.8) is 0 Å². The summed E-state index contributed by atoms with van der Waals surface area (Å²) in [6.45, 7) is 20.7. The van der Waals surface area contributed by atoms with Crippen molar-refractivity contribution in [3.05, 3.63) is 64.2 Å².